The summed E-state index contributed by atoms with van der Waals surface area (Å²) in [5.41, 5.74) is 10.5. The Labute approximate surface area is 128 Å². The van der Waals surface area contributed by atoms with Gasteiger partial charge in [-0.2, -0.15) is 0 Å². The summed E-state index contributed by atoms with van der Waals surface area (Å²) in [4.78, 5) is 22.9. The van der Waals surface area contributed by atoms with Crippen molar-refractivity contribution in [3.8, 4) is 5.75 Å². The van der Waals surface area contributed by atoms with Crippen molar-refractivity contribution in [2.45, 2.75) is 25.8 Å². The maximum atomic E-state index is 11.8. The van der Waals surface area contributed by atoms with Crippen LogP contribution in [0.5, 0.6) is 5.75 Å². The van der Waals surface area contributed by atoms with Crippen molar-refractivity contribution in [2.24, 2.45) is 11.5 Å². The minimum atomic E-state index is -0.727. The van der Waals surface area contributed by atoms with Gasteiger partial charge in [0.25, 0.3) is 5.91 Å². The van der Waals surface area contributed by atoms with Gasteiger partial charge in [0.15, 0.2) is 6.61 Å². The number of primary amides is 1. The summed E-state index contributed by atoms with van der Waals surface area (Å²) in [5, 5.41) is 2.68. The van der Waals surface area contributed by atoms with E-state index >= 15 is 0 Å². The lowest BCUT2D eigenvalue weighted by Crippen LogP contribution is -2.47. The Morgan fingerprint density at radius 2 is 1.90 bits per heavy atom. The number of thiocarbonyl (C=S) groups is 1. The number of hydrogen-bond acceptors (Lipinski definition) is 4. The molecule has 0 aliphatic heterocycles. The molecule has 0 atom stereocenters. The molecule has 0 unspecified atom stereocenters. The number of para-hydroxylation sites is 1. The average Bonchev–Trinajstić information content (AvgIpc) is 2.34. The summed E-state index contributed by atoms with van der Waals surface area (Å²) in [6.07, 6.45) is 0.0439. The minimum absolute atomic E-state index is 0.0439. The first kappa shape index (κ1) is 16.9. The topological polar surface area (TPSA) is 107 Å². The normalized spacial score (nSPS) is 10.8. The number of ether oxygens (including phenoxy) is 1. The third-order valence-electron chi connectivity index (χ3n) is 2.61. The van der Waals surface area contributed by atoms with E-state index in [9.17, 15) is 9.59 Å². The van der Waals surface area contributed by atoms with Crippen molar-refractivity contribution < 1.29 is 14.3 Å². The Morgan fingerprint density at radius 3 is 2.48 bits per heavy atom. The molecule has 0 radical (unpaired) electrons. The Morgan fingerprint density at radius 1 is 1.29 bits per heavy atom. The molecule has 1 aromatic carbocycles. The zero-order chi connectivity index (χ0) is 16.0. The van der Waals surface area contributed by atoms with Crippen LogP contribution in [0.4, 0.5) is 0 Å². The van der Waals surface area contributed by atoms with E-state index in [2.05, 4.69) is 5.32 Å². The fourth-order valence-corrected chi connectivity index (χ4v) is 2.00. The second-order valence-corrected chi connectivity index (χ2v) is 5.66. The standard InChI is InChI=1S/C14H19N3O3S/c1-14(2,7-11(15)18)17-12(19)8-20-10-6-4-3-5-9(10)13(16)21/h3-6H,7-8H2,1-2H3,(H2,15,18)(H2,16,21)(H,17,19). The SMILES string of the molecule is CC(C)(CC(N)=O)NC(=O)COc1ccccc1C(N)=S. The highest BCUT2D eigenvalue weighted by molar-refractivity contribution is 7.80. The quantitative estimate of drug-likeness (QED) is 0.635. The van der Waals surface area contributed by atoms with Crippen LogP contribution < -0.4 is 21.5 Å². The molecule has 0 bridgehead atoms. The Balaban J connectivity index is 2.62. The number of carbonyl (C=O) groups is 2. The molecule has 6 nitrogen and oxygen atoms in total. The second-order valence-electron chi connectivity index (χ2n) is 5.22. The third-order valence-corrected chi connectivity index (χ3v) is 2.83. The summed E-state index contributed by atoms with van der Waals surface area (Å²) in [5.74, 6) is -0.410. The lowest BCUT2D eigenvalue weighted by molar-refractivity contribution is -0.125. The molecule has 0 spiro atoms. The van der Waals surface area contributed by atoms with Crippen molar-refractivity contribution in [2.75, 3.05) is 6.61 Å². The Bertz CT molecular complexity index is 558. The van der Waals surface area contributed by atoms with Crippen LogP contribution in [-0.4, -0.2) is 28.9 Å². The van der Waals surface area contributed by atoms with E-state index in [-0.39, 0.29) is 23.9 Å². The zero-order valence-electron chi connectivity index (χ0n) is 12.0. The maximum absolute atomic E-state index is 11.8. The van der Waals surface area contributed by atoms with E-state index in [1.165, 1.54) is 0 Å². The van der Waals surface area contributed by atoms with Crippen LogP contribution in [-0.2, 0) is 9.59 Å². The highest BCUT2D eigenvalue weighted by Gasteiger charge is 2.23. The molecule has 0 saturated carbocycles. The number of carbonyl (C=O) groups excluding carboxylic acids is 2. The van der Waals surface area contributed by atoms with Gasteiger partial charge < -0.3 is 21.5 Å². The zero-order valence-corrected chi connectivity index (χ0v) is 12.8. The van der Waals surface area contributed by atoms with Gasteiger partial charge >= 0.3 is 0 Å². The number of nitrogens with one attached hydrogen (secondary N) is 1. The summed E-state index contributed by atoms with van der Waals surface area (Å²) in [6, 6.07) is 6.92. The largest absolute Gasteiger partial charge is 0.483 e. The molecule has 0 aliphatic rings. The van der Waals surface area contributed by atoms with Crippen molar-refractivity contribution in [1.29, 1.82) is 0 Å². The van der Waals surface area contributed by atoms with E-state index in [0.29, 0.717) is 11.3 Å². The van der Waals surface area contributed by atoms with Crippen molar-refractivity contribution >= 4 is 29.0 Å². The van der Waals surface area contributed by atoms with Gasteiger partial charge in [-0.3, -0.25) is 9.59 Å². The lowest BCUT2D eigenvalue weighted by Gasteiger charge is -2.24. The van der Waals surface area contributed by atoms with Gasteiger partial charge in [-0.05, 0) is 26.0 Å². The molecule has 114 valence electrons. The summed E-state index contributed by atoms with van der Waals surface area (Å²) in [7, 11) is 0. The first-order valence-electron chi connectivity index (χ1n) is 6.32. The van der Waals surface area contributed by atoms with Gasteiger partial charge in [-0.25, -0.2) is 0 Å². The summed E-state index contributed by atoms with van der Waals surface area (Å²) in [6.45, 7) is 3.21. The van der Waals surface area contributed by atoms with E-state index in [1.54, 1.807) is 38.1 Å². The Kier molecular flexibility index (Phi) is 5.66. The molecule has 2 amide bonds. The molecule has 0 aliphatic carbocycles. The van der Waals surface area contributed by atoms with Gasteiger partial charge in [-0.15, -0.1) is 0 Å². The summed E-state index contributed by atoms with van der Waals surface area (Å²) >= 11 is 4.91. The van der Waals surface area contributed by atoms with Crippen LogP contribution in [0.15, 0.2) is 24.3 Å². The molecule has 5 N–H and O–H groups in total. The molecule has 21 heavy (non-hydrogen) atoms. The van der Waals surface area contributed by atoms with E-state index in [1.807, 2.05) is 0 Å². The fourth-order valence-electron chi connectivity index (χ4n) is 1.83. The number of benzene rings is 1. The maximum Gasteiger partial charge on any atom is 0.258 e. The third kappa shape index (κ3) is 5.78. The number of rotatable bonds is 7. The van der Waals surface area contributed by atoms with Crippen molar-refractivity contribution in [1.82, 2.24) is 5.32 Å². The van der Waals surface area contributed by atoms with Crippen molar-refractivity contribution in [3.63, 3.8) is 0 Å². The lowest BCUT2D eigenvalue weighted by atomic mass is 10.0. The number of amides is 2. The predicted octanol–water partition coefficient (Wildman–Crippen LogP) is 0.470. The van der Waals surface area contributed by atoms with Crippen LogP contribution in [0.25, 0.3) is 0 Å². The highest BCUT2D eigenvalue weighted by atomic mass is 32.1. The molecular formula is C14H19N3O3S. The van der Waals surface area contributed by atoms with Crippen LogP contribution >= 0.6 is 12.2 Å². The van der Waals surface area contributed by atoms with E-state index in [4.69, 9.17) is 28.4 Å². The first-order valence-corrected chi connectivity index (χ1v) is 6.73. The fraction of sp³-hybridized carbons (Fsp3) is 0.357. The molecule has 1 rings (SSSR count). The molecule has 1 aromatic rings. The second kappa shape index (κ2) is 7.03. The summed E-state index contributed by atoms with van der Waals surface area (Å²) < 4.78 is 5.42. The van der Waals surface area contributed by atoms with Crippen molar-refractivity contribution in [3.05, 3.63) is 29.8 Å². The highest BCUT2D eigenvalue weighted by Crippen LogP contribution is 2.17. The van der Waals surface area contributed by atoms with Gasteiger partial charge in [0.05, 0.1) is 5.56 Å². The predicted molar refractivity (Wildman–Crippen MR) is 83.9 cm³/mol. The molecule has 0 aromatic heterocycles. The van der Waals surface area contributed by atoms with Crippen LogP contribution in [0.2, 0.25) is 0 Å². The minimum Gasteiger partial charge on any atom is -0.483 e. The van der Waals surface area contributed by atoms with Gasteiger partial charge in [0, 0.05) is 12.0 Å². The van der Waals surface area contributed by atoms with E-state index in [0.717, 1.165) is 0 Å². The van der Waals surface area contributed by atoms with Gasteiger partial charge in [-0.1, -0.05) is 24.4 Å². The first-order chi connectivity index (χ1) is 9.71. The van der Waals surface area contributed by atoms with Gasteiger partial charge in [0.2, 0.25) is 5.91 Å². The number of nitrogens with two attached hydrogens (primary N) is 2. The van der Waals surface area contributed by atoms with Crippen LogP contribution in [0.1, 0.15) is 25.8 Å². The molecular weight excluding hydrogens is 290 g/mol. The number of hydrogen-bond donors (Lipinski definition) is 3. The smallest absolute Gasteiger partial charge is 0.258 e. The monoisotopic (exact) mass is 309 g/mol. The van der Waals surface area contributed by atoms with Gasteiger partial charge in [0.1, 0.15) is 10.7 Å². The molecule has 7 heteroatoms. The van der Waals surface area contributed by atoms with Crippen LogP contribution in [0, 0.1) is 0 Å². The Hall–Kier alpha value is -2.15. The molecule has 0 heterocycles. The van der Waals surface area contributed by atoms with E-state index < -0.39 is 11.4 Å². The molecule has 0 saturated heterocycles. The average molecular weight is 309 g/mol. The van der Waals surface area contributed by atoms with Crippen LogP contribution in [0.3, 0.4) is 0 Å². The molecule has 0 fully saturated rings.